The van der Waals surface area contributed by atoms with Gasteiger partial charge in [-0.05, 0) is 43.7 Å². The van der Waals surface area contributed by atoms with E-state index in [1.807, 2.05) is 42.2 Å². The van der Waals surface area contributed by atoms with Crippen molar-refractivity contribution in [1.82, 2.24) is 10.2 Å². The summed E-state index contributed by atoms with van der Waals surface area (Å²) in [5, 5.41) is 12.5. The SMILES string of the molecule is CCC1(CO)CCN(C(=O)NCC(C)Oc2ccccc2)CC1. The van der Waals surface area contributed by atoms with Gasteiger partial charge in [-0.25, -0.2) is 4.79 Å². The van der Waals surface area contributed by atoms with Crippen molar-refractivity contribution in [2.45, 2.75) is 39.2 Å². The largest absolute Gasteiger partial charge is 0.489 e. The van der Waals surface area contributed by atoms with Gasteiger partial charge in [0, 0.05) is 19.7 Å². The first kappa shape index (κ1) is 17.6. The van der Waals surface area contributed by atoms with Gasteiger partial charge >= 0.3 is 6.03 Å². The van der Waals surface area contributed by atoms with Crippen LogP contribution in [0, 0.1) is 5.41 Å². The Balaban J connectivity index is 1.73. The molecule has 2 rings (SSSR count). The number of aliphatic hydroxyl groups excluding tert-OH is 1. The molecule has 5 nitrogen and oxygen atoms in total. The number of benzene rings is 1. The summed E-state index contributed by atoms with van der Waals surface area (Å²) in [5.74, 6) is 0.808. The van der Waals surface area contributed by atoms with Crippen molar-refractivity contribution in [2.75, 3.05) is 26.2 Å². The molecular weight excluding hydrogens is 292 g/mol. The second-order valence-electron chi connectivity index (χ2n) is 6.43. The van der Waals surface area contributed by atoms with Crippen molar-refractivity contribution in [3.8, 4) is 5.75 Å². The van der Waals surface area contributed by atoms with Crippen molar-refractivity contribution < 1.29 is 14.6 Å². The zero-order valence-electron chi connectivity index (χ0n) is 14.1. The van der Waals surface area contributed by atoms with Gasteiger partial charge in [0.1, 0.15) is 11.9 Å². The lowest BCUT2D eigenvalue weighted by Gasteiger charge is -2.40. The average molecular weight is 320 g/mol. The molecule has 1 aromatic carbocycles. The van der Waals surface area contributed by atoms with E-state index in [2.05, 4.69) is 12.2 Å². The van der Waals surface area contributed by atoms with Gasteiger partial charge in [0.15, 0.2) is 0 Å². The van der Waals surface area contributed by atoms with Crippen LogP contribution >= 0.6 is 0 Å². The third-order valence-corrected chi connectivity index (χ3v) is 4.82. The number of nitrogens with zero attached hydrogens (tertiary/aromatic N) is 1. The van der Waals surface area contributed by atoms with Gasteiger partial charge in [-0.1, -0.05) is 25.1 Å². The molecule has 5 heteroatoms. The fourth-order valence-corrected chi connectivity index (χ4v) is 2.92. The lowest BCUT2D eigenvalue weighted by atomic mass is 9.77. The fraction of sp³-hybridized carbons (Fsp3) is 0.611. The topological polar surface area (TPSA) is 61.8 Å². The maximum Gasteiger partial charge on any atom is 0.317 e. The number of likely N-dealkylation sites (tertiary alicyclic amines) is 1. The molecular formula is C18H28N2O3. The van der Waals surface area contributed by atoms with Crippen LogP contribution in [0.25, 0.3) is 0 Å². The Bertz CT molecular complexity index is 478. The van der Waals surface area contributed by atoms with Gasteiger partial charge in [0.05, 0.1) is 6.54 Å². The minimum Gasteiger partial charge on any atom is -0.489 e. The Hall–Kier alpha value is -1.75. The highest BCUT2D eigenvalue weighted by Crippen LogP contribution is 2.34. The van der Waals surface area contributed by atoms with E-state index >= 15 is 0 Å². The van der Waals surface area contributed by atoms with Gasteiger partial charge in [-0.3, -0.25) is 0 Å². The molecule has 1 unspecified atom stereocenters. The Morgan fingerprint density at radius 3 is 2.57 bits per heavy atom. The number of rotatable bonds is 6. The van der Waals surface area contributed by atoms with E-state index in [-0.39, 0.29) is 24.2 Å². The highest BCUT2D eigenvalue weighted by molar-refractivity contribution is 5.74. The third-order valence-electron chi connectivity index (χ3n) is 4.82. The van der Waals surface area contributed by atoms with Crippen LogP contribution < -0.4 is 10.1 Å². The van der Waals surface area contributed by atoms with Crippen LogP contribution in [0.15, 0.2) is 30.3 Å². The van der Waals surface area contributed by atoms with Crippen LogP contribution in [0.5, 0.6) is 5.75 Å². The Morgan fingerprint density at radius 1 is 1.35 bits per heavy atom. The number of aliphatic hydroxyl groups is 1. The number of carbonyl (C=O) groups is 1. The molecule has 1 aromatic rings. The van der Waals surface area contributed by atoms with Crippen molar-refractivity contribution in [3.63, 3.8) is 0 Å². The van der Waals surface area contributed by atoms with Gasteiger partial charge in [-0.2, -0.15) is 0 Å². The Kier molecular flexibility index (Phi) is 6.28. The molecule has 2 amide bonds. The maximum atomic E-state index is 12.2. The number of hydrogen-bond donors (Lipinski definition) is 2. The number of amides is 2. The van der Waals surface area contributed by atoms with Crippen molar-refractivity contribution in [2.24, 2.45) is 5.41 Å². The summed E-state index contributed by atoms with van der Waals surface area (Å²) in [7, 11) is 0. The molecule has 2 N–H and O–H groups in total. The van der Waals surface area contributed by atoms with Crippen LogP contribution in [-0.4, -0.2) is 48.4 Å². The molecule has 1 aliphatic heterocycles. The minimum atomic E-state index is -0.0849. The first-order valence-corrected chi connectivity index (χ1v) is 8.44. The molecule has 1 fully saturated rings. The van der Waals surface area contributed by atoms with Gasteiger partial charge in [0.25, 0.3) is 0 Å². The molecule has 1 saturated heterocycles. The fourth-order valence-electron chi connectivity index (χ4n) is 2.92. The standard InChI is InChI=1S/C18H28N2O3/c1-3-18(14-21)9-11-20(12-10-18)17(22)19-13-15(2)23-16-7-5-4-6-8-16/h4-8,15,21H,3,9-14H2,1-2H3,(H,19,22). The second-order valence-corrected chi connectivity index (χ2v) is 6.43. The molecule has 0 saturated carbocycles. The van der Waals surface area contributed by atoms with Gasteiger partial charge in [-0.15, -0.1) is 0 Å². The molecule has 23 heavy (non-hydrogen) atoms. The third kappa shape index (κ3) is 4.86. The molecule has 0 aliphatic carbocycles. The van der Waals surface area contributed by atoms with E-state index in [0.29, 0.717) is 19.6 Å². The van der Waals surface area contributed by atoms with E-state index in [0.717, 1.165) is 25.0 Å². The average Bonchev–Trinajstić information content (AvgIpc) is 2.60. The number of ether oxygens (including phenoxy) is 1. The number of hydrogen-bond acceptors (Lipinski definition) is 3. The van der Waals surface area contributed by atoms with E-state index < -0.39 is 0 Å². The Labute approximate surface area is 138 Å². The molecule has 1 aliphatic rings. The number of carbonyl (C=O) groups excluding carboxylic acids is 1. The molecule has 0 radical (unpaired) electrons. The van der Waals surface area contributed by atoms with E-state index in [4.69, 9.17) is 4.74 Å². The molecule has 128 valence electrons. The molecule has 1 heterocycles. The van der Waals surface area contributed by atoms with Gasteiger partial charge < -0.3 is 20.1 Å². The highest BCUT2D eigenvalue weighted by Gasteiger charge is 2.33. The van der Waals surface area contributed by atoms with Crippen LogP contribution in [-0.2, 0) is 0 Å². The van der Waals surface area contributed by atoms with Gasteiger partial charge in [0.2, 0.25) is 0 Å². The monoisotopic (exact) mass is 320 g/mol. The summed E-state index contributed by atoms with van der Waals surface area (Å²) < 4.78 is 5.75. The number of para-hydroxylation sites is 1. The molecule has 1 atom stereocenters. The smallest absolute Gasteiger partial charge is 0.317 e. The van der Waals surface area contributed by atoms with E-state index in [9.17, 15) is 9.90 Å². The summed E-state index contributed by atoms with van der Waals surface area (Å²) in [6.07, 6.45) is 2.60. The highest BCUT2D eigenvalue weighted by atomic mass is 16.5. The quantitative estimate of drug-likeness (QED) is 0.847. The molecule has 0 aromatic heterocycles. The predicted molar refractivity (Wildman–Crippen MR) is 90.5 cm³/mol. The van der Waals surface area contributed by atoms with Crippen molar-refractivity contribution >= 4 is 6.03 Å². The summed E-state index contributed by atoms with van der Waals surface area (Å²) in [6.45, 7) is 6.14. The zero-order valence-corrected chi connectivity index (χ0v) is 14.1. The minimum absolute atomic E-state index is 0.000488. The van der Waals surface area contributed by atoms with E-state index in [1.165, 1.54) is 0 Å². The molecule has 0 spiro atoms. The maximum absolute atomic E-state index is 12.2. The van der Waals surface area contributed by atoms with Crippen LogP contribution in [0.3, 0.4) is 0 Å². The van der Waals surface area contributed by atoms with Crippen molar-refractivity contribution in [3.05, 3.63) is 30.3 Å². The summed E-state index contributed by atoms with van der Waals surface area (Å²) in [5.41, 5.74) is 0.000488. The number of nitrogens with one attached hydrogen (secondary N) is 1. The predicted octanol–water partition coefficient (Wildman–Crippen LogP) is 2.65. The normalized spacial score (nSPS) is 18.3. The Morgan fingerprint density at radius 2 is 2.00 bits per heavy atom. The zero-order chi connectivity index (χ0) is 16.7. The van der Waals surface area contributed by atoms with Crippen LogP contribution in [0.1, 0.15) is 33.1 Å². The van der Waals surface area contributed by atoms with Crippen LogP contribution in [0.2, 0.25) is 0 Å². The first-order chi connectivity index (χ1) is 11.1. The summed E-state index contributed by atoms with van der Waals surface area (Å²) in [6, 6.07) is 9.56. The van der Waals surface area contributed by atoms with E-state index in [1.54, 1.807) is 0 Å². The lowest BCUT2D eigenvalue weighted by Crippen LogP contribution is -2.49. The lowest BCUT2D eigenvalue weighted by molar-refractivity contribution is 0.0515. The van der Waals surface area contributed by atoms with Crippen LogP contribution in [0.4, 0.5) is 4.79 Å². The summed E-state index contributed by atoms with van der Waals surface area (Å²) >= 11 is 0. The second kappa shape index (κ2) is 8.20. The first-order valence-electron chi connectivity index (χ1n) is 8.44. The molecule has 0 bridgehead atoms. The van der Waals surface area contributed by atoms with Crippen molar-refractivity contribution in [1.29, 1.82) is 0 Å². The number of urea groups is 1. The number of piperidine rings is 1. The summed E-state index contributed by atoms with van der Waals surface area (Å²) in [4.78, 5) is 14.1.